The highest BCUT2D eigenvalue weighted by molar-refractivity contribution is 6.33. The van der Waals surface area contributed by atoms with Gasteiger partial charge in [0.25, 0.3) is 0 Å². The molecule has 0 amide bonds. The maximum Gasteiger partial charge on any atom is 0.337 e. The van der Waals surface area contributed by atoms with Crippen molar-refractivity contribution < 1.29 is 9.90 Å². The van der Waals surface area contributed by atoms with Crippen LogP contribution >= 0.6 is 11.6 Å². The lowest BCUT2D eigenvalue weighted by atomic mass is 10.1. The zero-order valence-corrected chi connectivity index (χ0v) is 16.3. The number of halogens is 1. The van der Waals surface area contributed by atoms with Crippen molar-refractivity contribution in [1.82, 2.24) is 4.57 Å². The SMILES string of the molecule is CCc1ccc(N=Cc2cc(C)n(-c3ccc(C(=O)O)c(Cl)c3)c2C)cc1. The van der Waals surface area contributed by atoms with Gasteiger partial charge in [-0.05, 0) is 62.2 Å². The van der Waals surface area contributed by atoms with Crippen molar-refractivity contribution in [3.63, 3.8) is 0 Å². The van der Waals surface area contributed by atoms with E-state index in [1.54, 1.807) is 12.1 Å². The van der Waals surface area contributed by atoms with E-state index in [2.05, 4.69) is 30.1 Å². The number of nitrogens with zero attached hydrogens (tertiary/aromatic N) is 2. The van der Waals surface area contributed by atoms with E-state index in [9.17, 15) is 4.79 Å². The lowest BCUT2D eigenvalue weighted by molar-refractivity contribution is 0.0697. The molecule has 1 heterocycles. The van der Waals surface area contributed by atoms with Gasteiger partial charge >= 0.3 is 5.97 Å². The molecule has 0 fully saturated rings. The van der Waals surface area contributed by atoms with Gasteiger partial charge in [0.2, 0.25) is 0 Å². The van der Waals surface area contributed by atoms with Crippen LogP contribution in [0.25, 0.3) is 5.69 Å². The maximum absolute atomic E-state index is 11.2. The molecule has 0 bridgehead atoms. The maximum atomic E-state index is 11.2. The van der Waals surface area contributed by atoms with Crippen molar-refractivity contribution in [1.29, 1.82) is 0 Å². The first-order valence-corrected chi connectivity index (χ1v) is 9.13. The lowest BCUT2D eigenvalue weighted by Gasteiger charge is -2.11. The minimum atomic E-state index is -1.03. The van der Waals surface area contributed by atoms with E-state index in [0.717, 1.165) is 34.7 Å². The van der Waals surface area contributed by atoms with Gasteiger partial charge in [0, 0.05) is 28.9 Å². The molecule has 138 valence electrons. The molecule has 0 unspecified atom stereocenters. The van der Waals surface area contributed by atoms with E-state index in [0.29, 0.717) is 0 Å². The first-order chi connectivity index (χ1) is 12.9. The summed E-state index contributed by atoms with van der Waals surface area (Å²) in [6.45, 7) is 6.13. The Hall–Kier alpha value is -2.85. The van der Waals surface area contributed by atoms with Gasteiger partial charge in [0.1, 0.15) is 0 Å². The van der Waals surface area contributed by atoms with E-state index < -0.39 is 5.97 Å². The van der Waals surface area contributed by atoms with Gasteiger partial charge < -0.3 is 9.67 Å². The molecule has 27 heavy (non-hydrogen) atoms. The third-order valence-electron chi connectivity index (χ3n) is 4.61. The third kappa shape index (κ3) is 3.96. The van der Waals surface area contributed by atoms with Crippen LogP contribution in [0.3, 0.4) is 0 Å². The van der Waals surface area contributed by atoms with Gasteiger partial charge in [-0.3, -0.25) is 4.99 Å². The summed E-state index contributed by atoms with van der Waals surface area (Å²) in [7, 11) is 0. The molecule has 0 radical (unpaired) electrons. The van der Waals surface area contributed by atoms with Crippen LogP contribution in [0.2, 0.25) is 5.02 Å². The molecule has 1 N–H and O–H groups in total. The van der Waals surface area contributed by atoms with E-state index in [1.807, 2.05) is 36.8 Å². The number of aromatic nitrogens is 1. The smallest absolute Gasteiger partial charge is 0.337 e. The van der Waals surface area contributed by atoms with Gasteiger partial charge in [-0.1, -0.05) is 30.7 Å². The highest BCUT2D eigenvalue weighted by Gasteiger charge is 2.13. The Bertz CT molecular complexity index is 1020. The average molecular weight is 381 g/mol. The Balaban J connectivity index is 1.93. The van der Waals surface area contributed by atoms with Gasteiger partial charge in [0.05, 0.1) is 16.3 Å². The average Bonchev–Trinajstić information content (AvgIpc) is 2.93. The van der Waals surface area contributed by atoms with Crippen LogP contribution in [0.5, 0.6) is 0 Å². The van der Waals surface area contributed by atoms with Crippen molar-refractivity contribution in [2.75, 3.05) is 0 Å². The third-order valence-corrected chi connectivity index (χ3v) is 4.92. The summed E-state index contributed by atoms with van der Waals surface area (Å²) >= 11 is 6.13. The minimum absolute atomic E-state index is 0.0974. The number of aliphatic imine (C=N–C) groups is 1. The molecule has 0 saturated heterocycles. The minimum Gasteiger partial charge on any atom is -0.478 e. The number of benzene rings is 2. The van der Waals surface area contributed by atoms with E-state index >= 15 is 0 Å². The summed E-state index contributed by atoms with van der Waals surface area (Å²) in [6, 6.07) is 15.2. The molecule has 4 nitrogen and oxygen atoms in total. The van der Waals surface area contributed by atoms with Crippen molar-refractivity contribution in [2.45, 2.75) is 27.2 Å². The Morgan fingerprint density at radius 2 is 1.85 bits per heavy atom. The van der Waals surface area contributed by atoms with E-state index in [4.69, 9.17) is 16.7 Å². The van der Waals surface area contributed by atoms with Crippen LogP contribution in [0.15, 0.2) is 53.5 Å². The first kappa shape index (κ1) is 18.9. The van der Waals surface area contributed by atoms with Gasteiger partial charge in [-0.15, -0.1) is 0 Å². The number of hydrogen-bond acceptors (Lipinski definition) is 2. The molecule has 0 atom stereocenters. The molecule has 1 aromatic heterocycles. The number of aryl methyl sites for hydroxylation is 2. The van der Waals surface area contributed by atoms with Crippen LogP contribution in [0, 0.1) is 13.8 Å². The molecular weight excluding hydrogens is 360 g/mol. The van der Waals surface area contributed by atoms with Crippen LogP contribution < -0.4 is 0 Å². The van der Waals surface area contributed by atoms with E-state index in [-0.39, 0.29) is 10.6 Å². The molecule has 0 spiro atoms. The molecule has 2 aromatic carbocycles. The summed E-state index contributed by atoms with van der Waals surface area (Å²) in [6.07, 6.45) is 2.86. The molecule has 3 rings (SSSR count). The zero-order chi connectivity index (χ0) is 19.6. The van der Waals surface area contributed by atoms with Gasteiger partial charge in [-0.2, -0.15) is 0 Å². The Morgan fingerprint density at radius 3 is 2.44 bits per heavy atom. The Labute approximate surface area is 163 Å². The number of rotatable bonds is 5. The van der Waals surface area contributed by atoms with Crippen LogP contribution in [0.1, 0.15) is 39.8 Å². The fourth-order valence-corrected chi connectivity index (χ4v) is 3.35. The predicted molar refractivity (Wildman–Crippen MR) is 110 cm³/mol. The van der Waals surface area contributed by atoms with Crippen LogP contribution in [0.4, 0.5) is 5.69 Å². The molecule has 0 saturated carbocycles. The standard InChI is InChI=1S/C22H21ClN2O2/c1-4-16-5-7-18(8-6-16)24-13-17-11-14(2)25(15(17)3)19-9-10-20(22(26)27)21(23)12-19/h5-13H,4H2,1-3H3,(H,26,27). The van der Waals surface area contributed by atoms with Crippen molar-refractivity contribution in [3.05, 3.63) is 81.6 Å². The molecule has 0 aliphatic carbocycles. The summed E-state index contributed by atoms with van der Waals surface area (Å²) in [4.78, 5) is 15.7. The highest BCUT2D eigenvalue weighted by atomic mass is 35.5. The fraction of sp³-hybridized carbons (Fsp3) is 0.182. The zero-order valence-electron chi connectivity index (χ0n) is 15.5. The number of carbonyl (C=O) groups is 1. The summed E-state index contributed by atoms with van der Waals surface area (Å²) in [5.74, 6) is -1.03. The molecule has 0 aliphatic heterocycles. The summed E-state index contributed by atoms with van der Waals surface area (Å²) in [5.41, 5.74) is 6.16. The quantitative estimate of drug-likeness (QED) is 0.572. The second kappa shape index (κ2) is 7.80. The molecular formula is C22H21ClN2O2. The van der Waals surface area contributed by atoms with Crippen molar-refractivity contribution >= 4 is 29.5 Å². The normalized spacial score (nSPS) is 11.3. The predicted octanol–water partition coefficient (Wildman–Crippen LogP) is 5.76. The summed E-state index contributed by atoms with van der Waals surface area (Å²) in [5, 5.41) is 9.36. The lowest BCUT2D eigenvalue weighted by Crippen LogP contribution is -2.02. The van der Waals surface area contributed by atoms with E-state index in [1.165, 1.54) is 11.6 Å². The Morgan fingerprint density at radius 1 is 1.15 bits per heavy atom. The summed E-state index contributed by atoms with van der Waals surface area (Å²) < 4.78 is 2.04. The largest absolute Gasteiger partial charge is 0.478 e. The van der Waals surface area contributed by atoms with Crippen molar-refractivity contribution in [3.8, 4) is 5.69 Å². The first-order valence-electron chi connectivity index (χ1n) is 8.76. The topological polar surface area (TPSA) is 54.6 Å². The van der Waals surface area contributed by atoms with Crippen LogP contribution in [-0.2, 0) is 6.42 Å². The number of carboxylic acids is 1. The molecule has 3 aromatic rings. The number of hydrogen-bond donors (Lipinski definition) is 1. The number of carboxylic acid groups (broad SMARTS) is 1. The second-order valence-corrected chi connectivity index (χ2v) is 6.82. The molecule has 5 heteroatoms. The monoisotopic (exact) mass is 380 g/mol. The van der Waals surface area contributed by atoms with Crippen molar-refractivity contribution in [2.24, 2.45) is 4.99 Å². The fourth-order valence-electron chi connectivity index (χ4n) is 3.09. The second-order valence-electron chi connectivity index (χ2n) is 6.41. The van der Waals surface area contributed by atoms with Gasteiger partial charge in [0.15, 0.2) is 0 Å². The van der Waals surface area contributed by atoms with Gasteiger partial charge in [-0.25, -0.2) is 4.79 Å². The Kier molecular flexibility index (Phi) is 5.47. The molecule has 0 aliphatic rings. The van der Waals surface area contributed by atoms with Crippen LogP contribution in [-0.4, -0.2) is 21.9 Å². The number of aromatic carboxylic acids is 1. The highest BCUT2D eigenvalue weighted by Crippen LogP contribution is 2.25.